The number of oxazole rings is 1. The van der Waals surface area contributed by atoms with Gasteiger partial charge in [-0.1, -0.05) is 0 Å². The van der Waals surface area contributed by atoms with Crippen LogP contribution in [0.1, 0.15) is 22.4 Å². The molecule has 1 atom stereocenters. The van der Waals surface area contributed by atoms with Crippen molar-refractivity contribution in [2.24, 2.45) is 5.73 Å². The molecule has 0 aliphatic heterocycles. The number of aliphatic hydroxyl groups excluding tert-OH is 1. The van der Waals surface area contributed by atoms with Crippen LogP contribution >= 0.6 is 27.3 Å². The molecule has 2 heterocycles. The van der Waals surface area contributed by atoms with E-state index in [0.717, 1.165) is 12.1 Å². The Kier molecular flexibility index (Phi) is 5.30. The van der Waals surface area contributed by atoms with Crippen molar-refractivity contribution in [3.8, 4) is 16.3 Å². The average Bonchev–Trinajstić information content (AvgIpc) is 3.23. The predicted molar refractivity (Wildman–Crippen MR) is 90.6 cm³/mol. The highest BCUT2D eigenvalue weighted by molar-refractivity contribution is 9.10. The second-order valence-corrected chi connectivity index (χ2v) is 6.53. The van der Waals surface area contributed by atoms with Gasteiger partial charge in [0.05, 0.1) is 17.0 Å². The number of nitrogens with two attached hydrogens (primary N) is 1. The summed E-state index contributed by atoms with van der Waals surface area (Å²) < 4.78 is 38.9. The lowest BCUT2D eigenvalue weighted by atomic mass is 10.1. The third kappa shape index (κ3) is 3.45. The van der Waals surface area contributed by atoms with Crippen LogP contribution in [0.4, 0.5) is 8.78 Å². The third-order valence-electron chi connectivity index (χ3n) is 3.28. The van der Waals surface area contributed by atoms with Gasteiger partial charge in [-0.05, 0) is 28.1 Å². The van der Waals surface area contributed by atoms with Gasteiger partial charge >= 0.3 is 0 Å². The van der Waals surface area contributed by atoms with E-state index in [2.05, 4.69) is 25.9 Å². The molecule has 11 heteroatoms. The van der Waals surface area contributed by atoms with Crippen molar-refractivity contribution >= 4 is 33.2 Å². The van der Waals surface area contributed by atoms with Crippen LogP contribution in [0.5, 0.6) is 5.75 Å². The molecule has 0 radical (unpaired) electrons. The summed E-state index contributed by atoms with van der Waals surface area (Å²) in [6.07, 6.45) is 0.374. The zero-order valence-corrected chi connectivity index (χ0v) is 15.2. The Morgan fingerprint density at radius 3 is 2.85 bits per heavy atom. The number of primary amides is 1. The number of thiazole rings is 1. The first-order chi connectivity index (χ1) is 12.4. The normalized spacial score (nSPS) is 12.2. The largest absolute Gasteiger partial charge is 0.475 e. The molecule has 3 aromatic rings. The van der Waals surface area contributed by atoms with E-state index in [-0.39, 0.29) is 10.6 Å². The number of carbonyl (C=O) groups is 1. The minimum absolute atomic E-state index is 0.0490. The number of hydrogen-bond acceptors (Lipinski definition) is 7. The summed E-state index contributed by atoms with van der Waals surface area (Å²) in [5, 5.41) is 9.56. The molecular formula is C15H10BrF2N3O4S. The fourth-order valence-corrected chi connectivity index (χ4v) is 3.32. The maximum absolute atomic E-state index is 14.3. The van der Waals surface area contributed by atoms with Crippen molar-refractivity contribution in [3.05, 3.63) is 51.6 Å². The van der Waals surface area contributed by atoms with Gasteiger partial charge in [-0.2, -0.15) is 0 Å². The van der Waals surface area contributed by atoms with Crippen molar-refractivity contribution in [1.29, 1.82) is 0 Å². The molecule has 26 heavy (non-hydrogen) atoms. The number of aromatic nitrogens is 2. The van der Waals surface area contributed by atoms with E-state index in [1.807, 2.05) is 0 Å². The molecule has 0 saturated carbocycles. The van der Waals surface area contributed by atoms with Gasteiger partial charge in [-0.15, -0.1) is 11.3 Å². The van der Waals surface area contributed by atoms with Crippen LogP contribution in [0.25, 0.3) is 10.6 Å². The number of carbonyl (C=O) groups excluding carboxylic acids is 1. The topological polar surface area (TPSA) is 111 Å². The molecule has 3 rings (SSSR count). The summed E-state index contributed by atoms with van der Waals surface area (Å²) in [5.41, 5.74) is 6.08. The fourth-order valence-electron chi connectivity index (χ4n) is 2.11. The van der Waals surface area contributed by atoms with Gasteiger partial charge in [0.15, 0.2) is 22.3 Å². The van der Waals surface area contributed by atoms with Gasteiger partial charge in [0.1, 0.15) is 17.1 Å². The summed E-state index contributed by atoms with van der Waals surface area (Å²) in [4.78, 5) is 20.0. The summed E-state index contributed by atoms with van der Waals surface area (Å²) in [7, 11) is 0. The van der Waals surface area contributed by atoms with E-state index in [1.165, 1.54) is 11.3 Å². The number of halogens is 3. The van der Waals surface area contributed by atoms with Crippen molar-refractivity contribution in [2.75, 3.05) is 6.61 Å². The molecule has 2 aromatic heterocycles. The Balaban J connectivity index is 1.93. The number of amides is 1. The number of benzene rings is 1. The first-order valence-corrected chi connectivity index (χ1v) is 8.70. The van der Waals surface area contributed by atoms with Crippen LogP contribution in [0.15, 0.2) is 32.9 Å². The molecule has 3 N–H and O–H groups in total. The van der Waals surface area contributed by atoms with Crippen molar-refractivity contribution in [3.63, 3.8) is 0 Å². The average molecular weight is 446 g/mol. The van der Waals surface area contributed by atoms with Gasteiger partial charge in [0.2, 0.25) is 5.89 Å². The Labute approximate surface area is 157 Å². The molecule has 0 spiro atoms. The zero-order chi connectivity index (χ0) is 18.8. The maximum atomic E-state index is 14.3. The lowest BCUT2D eigenvalue weighted by Gasteiger charge is -2.15. The van der Waals surface area contributed by atoms with Crippen LogP contribution in [-0.2, 0) is 0 Å². The zero-order valence-electron chi connectivity index (χ0n) is 12.8. The SMILES string of the molecule is NC(=O)c1c(F)ccc(OC(CO)c2nc(-c3cncs3)c(Br)o2)c1F. The highest BCUT2D eigenvalue weighted by atomic mass is 79.9. The highest BCUT2D eigenvalue weighted by Crippen LogP contribution is 2.34. The lowest BCUT2D eigenvalue weighted by molar-refractivity contribution is 0.0880. The van der Waals surface area contributed by atoms with E-state index in [9.17, 15) is 18.7 Å². The Morgan fingerprint density at radius 2 is 2.23 bits per heavy atom. The van der Waals surface area contributed by atoms with Crippen molar-refractivity contribution in [1.82, 2.24) is 9.97 Å². The standard InChI is InChI=1S/C15H10BrF2N3O4S/c16-13-12(9-3-20-5-26-9)21-15(25-13)8(4-22)24-7-2-1-6(17)10(11(7)18)14(19)23/h1-3,5,8,22H,4H2,(H2,19,23). The molecule has 136 valence electrons. The van der Waals surface area contributed by atoms with Crippen LogP contribution in [-0.4, -0.2) is 27.6 Å². The minimum atomic E-state index is -1.28. The summed E-state index contributed by atoms with van der Waals surface area (Å²) in [6, 6.07) is 1.81. The Morgan fingerprint density at radius 1 is 1.46 bits per heavy atom. The smallest absolute Gasteiger partial charge is 0.254 e. The van der Waals surface area contributed by atoms with E-state index in [0.29, 0.717) is 10.6 Å². The number of rotatable bonds is 6. The van der Waals surface area contributed by atoms with Gasteiger partial charge in [0.25, 0.3) is 5.91 Å². The van der Waals surface area contributed by atoms with Crippen LogP contribution in [0, 0.1) is 11.6 Å². The first-order valence-electron chi connectivity index (χ1n) is 7.02. The Bertz CT molecular complexity index is 949. The van der Waals surface area contributed by atoms with E-state index >= 15 is 0 Å². The van der Waals surface area contributed by atoms with E-state index in [4.69, 9.17) is 14.9 Å². The minimum Gasteiger partial charge on any atom is -0.475 e. The van der Waals surface area contributed by atoms with E-state index < -0.39 is 41.6 Å². The predicted octanol–water partition coefficient (Wildman–Crippen LogP) is 3.05. The summed E-state index contributed by atoms with van der Waals surface area (Å²) in [5.74, 6) is -4.20. The molecule has 1 amide bonds. The molecule has 0 aliphatic carbocycles. The molecule has 0 fully saturated rings. The number of nitrogens with zero attached hydrogens (tertiary/aromatic N) is 2. The quantitative estimate of drug-likeness (QED) is 0.602. The Hall–Kier alpha value is -2.37. The second-order valence-electron chi connectivity index (χ2n) is 4.93. The van der Waals surface area contributed by atoms with Crippen molar-refractivity contribution in [2.45, 2.75) is 6.10 Å². The van der Waals surface area contributed by atoms with Crippen LogP contribution < -0.4 is 10.5 Å². The number of ether oxygens (including phenoxy) is 1. The van der Waals surface area contributed by atoms with Gasteiger partial charge in [0, 0.05) is 6.20 Å². The molecule has 0 bridgehead atoms. The van der Waals surface area contributed by atoms with Gasteiger partial charge in [-0.25, -0.2) is 13.8 Å². The lowest BCUT2D eigenvalue weighted by Crippen LogP contribution is -2.18. The molecule has 1 aromatic carbocycles. The van der Waals surface area contributed by atoms with Gasteiger partial charge in [-0.3, -0.25) is 9.78 Å². The summed E-state index contributed by atoms with van der Waals surface area (Å²) >= 11 is 4.52. The molecule has 7 nitrogen and oxygen atoms in total. The van der Waals surface area contributed by atoms with Crippen LogP contribution in [0.3, 0.4) is 0 Å². The number of aliphatic hydroxyl groups is 1. The molecule has 0 aliphatic rings. The molecular weight excluding hydrogens is 436 g/mol. The summed E-state index contributed by atoms with van der Waals surface area (Å²) in [6.45, 7) is -0.613. The van der Waals surface area contributed by atoms with Crippen LogP contribution in [0.2, 0.25) is 0 Å². The first kappa shape index (κ1) is 18.4. The second kappa shape index (κ2) is 7.48. The molecule has 1 unspecified atom stereocenters. The van der Waals surface area contributed by atoms with Gasteiger partial charge < -0.3 is 20.0 Å². The highest BCUT2D eigenvalue weighted by Gasteiger charge is 2.26. The third-order valence-corrected chi connectivity index (χ3v) is 4.60. The maximum Gasteiger partial charge on any atom is 0.254 e. The van der Waals surface area contributed by atoms with E-state index in [1.54, 1.807) is 11.7 Å². The number of hydrogen-bond donors (Lipinski definition) is 2. The fraction of sp³-hybridized carbons (Fsp3) is 0.133. The molecule has 0 saturated heterocycles. The van der Waals surface area contributed by atoms with Crippen molar-refractivity contribution < 1.29 is 27.8 Å². The monoisotopic (exact) mass is 445 g/mol.